The SMILES string of the molecule is Clc1ncnc2cc(OCCC3CCCN3)cc(OC3CCCC3)c12. The van der Waals surface area contributed by atoms with Gasteiger partial charge in [-0.15, -0.1) is 0 Å². The number of hydrogen-bond acceptors (Lipinski definition) is 5. The largest absolute Gasteiger partial charge is 0.493 e. The second-order valence-electron chi connectivity index (χ2n) is 6.93. The van der Waals surface area contributed by atoms with Gasteiger partial charge in [0, 0.05) is 18.2 Å². The highest BCUT2D eigenvalue weighted by molar-refractivity contribution is 6.34. The molecule has 0 spiro atoms. The minimum atomic E-state index is 0.248. The number of hydrogen-bond donors (Lipinski definition) is 1. The topological polar surface area (TPSA) is 56.3 Å². The van der Waals surface area contributed by atoms with Gasteiger partial charge >= 0.3 is 0 Å². The van der Waals surface area contributed by atoms with Crippen molar-refractivity contribution in [1.29, 1.82) is 0 Å². The van der Waals surface area contributed by atoms with Crippen LogP contribution >= 0.6 is 11.6 Å². The van der Waals surface area contributed by atoms with E-state index in [2.05, 4.69) is 15.3 Å². The Hall–Kier alpha value is -1.59. The van der Waals surface area contributed by atoms with Crippen molar-refractivity contribution in [3.8, 4) is 11.5 Å². The predicted octanol–water partition coefficient (Wildman–Crippen LogP) is 4.13. The van der Waals surface area contributed by atoms with Gasteiger partial charge in [-0.25, -0.2) is 9.97 Å². The Bertz CT molecular complexity index is 728. The lowest BCUT2D eigenvalue weighted by atomic mass is 10.2. The second kappa shape index (κ2) is 7.75. The van der Waals surface area contributed by atoms with Crippen LogP contribution in [0.5, 0.6) is 11.5 Å². The third kappa shape index (κ3) is 3.98. The molecule has 134 valence electrons. The standard InChI is InChI=1S/C19H24ClN3O2/c20-19-18-16(22-12-23-19)10-15(24-9-7-13-4-3-8-21-13)11-17(18)25-14-5-1-2-6-14/h10-14,21H,1-9H2. The van der Waals surface area contributed by atoms with Gasteiger partial charge < -0.3 is 14.8 Å². The molecule has 0 radical (unpaired) electrons. The fourth-order valence-electron chi connectivity index (χ4n) is 3.78. The highest BCUT2D eigenvalue weighted by atomic mass is 35.5. The van der Waals surface area contributed by atoms with Crippen molar-refractivity contribution in [2.75, 3.05) is 13.2 Å². The first kappa shape index (κ1) is 16.9. The summed E-state index contributed by atoms with van der Waals surface area (Å²) in [7, 11) is 0. The van der Waals surface area contributed by atoms with Crippen molar-refractivity contribution in [3.05, 3.63) is 23.6 Å². The van der Waals surface area contributed by atoms with Crippen molar-refractivity contribution in [2.45, 2.75) is 57.1 Å². The summed E-state index contributed by atoms with van der Waals surface area (Å²) >= 11 is 6.31. The van der Waals surface area contributed by atoms with E-state index in [1.807, 2.05) is 12.1 Å². The van der Waals surface area contributed by atoms with Crippen molar-refractivity contribution in [1.82, 2.24) is 15.3 Å². The Morgan fingerprint density at radius 2 is 2.00 bits per heavy atom. The average Bonchev–Trinajstić information content (AvgIpc) is 3.29. The molecule has 1 saturated carbocycles. The Balaban J connectivity index is 1.54. The molecule has 1 N–H and O–H groups in total. The molecule has 1 aliphatic carbocycles. The summed E-state index contributed by atoms with van der Waals surface area (Å²) in [4.78, 5) is 8.47. The number of fused-ring (bicyclic) bond motifs is 1. The lowest BCUT2D eigenvalue weighted by Gasteiger charge is -2.17. The molecule has 1 unspecified atom stereocenters. The third-order valence-electron chi connectivity index (χ3n) is 5.12. The lowest BCUT2D eigenvalue weighted by Crippen LogP contribution is -2.23. The molecule has 25 heavy (non-hydrogen) atoms. The molecule has 1 aliphatic heterocycles. The molecule has 1 atom stereocenters. The van der Waals surface area contributed by atoms with E-state index in [4.69, 9.17) is 21.1 Å². The van der Waals surface area contributed by atoms with Gasteiger partial charge in [-0.1, -0.05) is 11.6 Å². The highest BCUT2D eigenvalue weighted by Crippen LogP contribution is 2.36. The molecule has 0 bridgehead atoms. The van der Waals surface area contributed by atoms with Crippen LogP contribution in [0.2, 0.25) is 5.15 Å². The Morgan fingerprint density at radius 3 is 2.80 bits per heavy atom. The minimum absolute atomic E-state index is 0.248. The van der Waals surface area contributed by atoms with Crippen LogP contribution in [0.25, 0.3) is 10.9 Å². The highest BCUT2D eigenvalue weighted by Gasteiger charge is 2.20. The maximum Gasteiger partial charge on any atom is 0.144 e. The molecule has 0 amide bonds. The molecular formula is C19H24ClN3O2. The summed E-state index contributed by atoms with van der Waals surface area (Å²) < 4.78 is 12.2. The van der Waals surface area contributed by atoms with Gasteiger partial charge in [0.05, 0.1) is 23.6 Å². The number of rotatable bonds is 6. The van der Waals surface area contributed by atoms with E-state index >= 15 is 0 Å². The Kier molecular flexibility index (Phi) is 5.22. The first-order valence-electron chi connectivity index (χ1n) is 9.27. The van der Waals surface area contributed by atoms with Crippen LogP contribution in [0.15, 0.2) is 18.5 Å². The molecule has 1 saturated heterocycles. The summed E-state index contributed by atoms with van der Waals surface area (Å²) in [6, 6.07) is 4.44. The summed E-state index contributed by atoms with van der Waals surface area (Å²) in [5.74, 6) is 1.53. The summed E-state index contributed by atoms with van der Waals surface area (Å²) in [6.07, 6.45) is 9.86. The number of halogens is 1. The van der Waals surface area contributed by atoms with E-state index in [9.17, 15) is 0 Å². The van der Waals surface area contributed by atoms with Crippen molar-refractivity contribution < 1.29 is 9.47 Å². The van der Waals surface area contributed by atoms with E-state index in [1.54, 1.807) is 0 Å². The van der Waals surface area contributed by atoms with Gasteiger partial charge in [0.25, 0.3) is 0 Å². The van der Waals surface area contributed by atoms with Gasteiger partial charge in [0.15, 0.2) is 0 Å². The van der Waals surface area contributed by atoms with Crippen LogP contribution in [-0.4, -0.2) is 35.3 Å². The summed E-state index contributed by atoms with van der Waals surface area (Å²) in [5.41, 5.74) is 0.768. The van der Waals surface area contributed by atoms with E-state index in [-0.39, 0.29) is 6.10 Å². The monoisotopic (exact) mass is 361 g/mol. The molecule has 4 rings (SSSR count). The quantitative estimate of drug-likeness (QED) is 0.784. The van der Waals surface area contributed by atoms with Crippen LogP contribution < -0.4 is 14.8 Å². The summed E-state index contributed by atoms with van der Waals surface area (Å²) in [6.45, 7) is 1.81. The van der Waals surface area contributed by atoms with Gasteiger partial charge in [0.1, 0.15) is 23.0 Å². The number of aromatic nitrogens is 2. The number of nitrogens with one attached hydrogen (secondary N) is 1. The van der Waals surface area contributed by atoms with E-state index in [1.165, 1.54) is 32.0 Å². The fraction of sp³-hybridized carbons (Fsp3) is 0.579. The Labute approximate surface area is 153 Å². The molecule has 1 aromatic heterocycles. The normalized spacial score (nSPS) is 21.1. The van der Waals surface area contributed by atoms with Gasteiger partial charge in [0.2, 0.25) is 0 Å². The molecule has 2 fully saturated rings. The first-order valence-corrected chi connectivity index (χ1v) is 9.64. The molecule has 5 nitrogen and oxygen atoms in total. The van der Waals surface area contributed by atoms with Gasteiger partial charge in [-0.3, -0.25) is 0 Å². The van der Waals surface area contributed by atoms with Crippen LogP contribution in [0, 0.1) is 0 Å². The molecular weight excluding hydrogens is 338 g/mol. The number of nitrogens with zero attached hydrogens (tertiary/aromatic N) is 2. The van der Waals surface area contributed by atoms with Crippen LogP contribution in [-0.2, 0) is 0 Å². The van der Waals surface area contributed by atoms with Crippen molar-refractivity contribution >= 4 is 22.5 Å². The predicted molar refractivity (Wildman–Crippen MR) is 98.6 cm³/mol. The van der Waals surface area contributed by atoms with Crippen LogP contribution in [0.3, 0.4) is 0 Å². The van der Waals surface area contributed by atoms with Crippen LogP contribution in [0.4, 0.5) is 0 Å². The maximum absolute atomic E-state index is 6.31. The molecule has 1 aromatic carbocycles. The second-order valence-corrected chi connectivity index (χ2v) is 7.29. The summed E-state index contributed by atoms with van der Waals surface area (Å²) in [5, 5.41) is 4.71. The zero-order chi connectivity index (χ0) is 17.1. The van der Waals surface area contributed by atoms with E-state index in [0.717, 1.165) is 48.2 Å². The zero-order valence-corrected chi connectivity index (χ0v) is 15.1. The Morgan fingerprint density at radius 1 is 1.12 bits per heavy atom. The minimum Gasteiger partial charge on any atom is -0.493 e. The lowest BCUT2D eigenvalue weighted by molar-refractivity contribution is 0.211. The van der Waals surface area contributed by atoms with Crippen molar-refractivity contribution in [3.63, 3.8) is 0 Å². The smallest absolute Gasteiger partial charge is 0.144 e. The molecule has 2 aromatic rings. The van der Waals surface area contributed by atoms with Gasteiger partial charge in [-0.05, 0) is 51.5 Å². The van der Waals surface area contributed by atoms with Crippen molar-refractivity contribution in [2.24, 2.45) is 0 Å². The van der Waals surface area contributed by atoms with E-state index < -0.39 is 0 Å². The fourth-order valence-corrected chi connectivity index (χ4v) is 4.01. The van der Waals surface area contributed by atoms with Gasteiger partial charge in [-0.2, -0.15) is 0 Å². The zero-order valence-electron chi connectivity index (χ0n) is 14.3. The van der Waals surface area contributed by atoms with Crippen LogP contribution in [0.1, 0.15) is 44.9 Å². The number of benzene rings is 1. The molecule has 2 heterocycles. The molecule has 6 heteroatoms. The third-order valence-corrected chi connectivity index (χ3v) is 5.41. The average molecular weight is 362 g/mol. The maximum atomic E-state index is 6.31. The molecule has 2 aliphatic rings. The van der Waals surface area contributed by atoms with E-state index in [0.29, 0.717) is 17.8 Å². The number of ether oxygens (including phenoxy) is 2. The first-order chi connectivity index (χ1) is 12.3.